The second kappa shape index (κ2) is 81.3. The summed E-state index contributed by atoms with van der Waals surface area (Å²) in [7, 11) is 0. The van der Waals surface area contributed by atoms with Crippen molar-refractivity contribution in [1.29, 1.82) is 10.5 Å². The summed E-state index contributed by atoms with van der Waals surface area (Å²) in [5.74, 6) is 6.74. The van der Waals surface area contributed by atoms with E-state index >= 15 is 0 Å². The lowest BCUT2D eigenvalue weighted by Gasteiger charge is -2.14. The van der Waals surface area contributed by atoms with Gasteiger partial charge in [0.2, 0.25) is 0 Å². The number of para-hydroxylation sites is 1. The topological polar surface area (TPSA) is 133 Å². The molecular formula is C83H140N2O6S8. The van der Waals surface area contributed by atoms with Gasteiger partial charge in [0.1, 0.15) is 23.9 Å². The molecule has 99 heavy (non-hydrogen) atoms. The van der Waals surface area contributed by atoms with Gasteiger partial charge in [0.05, 0.1) is 29.6 Å². The predicted octanol–water partition coefficient (Wildman–Crippen LogP) is 24.9. The Bertz CT molecular complexity index is 2560. The average Bonchev–Trinajstić information content (AvgIpc) is 0.893. The summed E-state index contributed by atoms with van der Waals surface area (Å²) in [6, 6.07) is 28.6. The van der Waals surface area contributed by atoms with Crippen LogP contribution in [0.25, 0.3) is 6.08 Å². The van der Waals surface area contributed by atoms with Gasteiger partial charge in [-0.1, -0.05) is 186 Å². The number of carbonyl (C=O) groups is 1. The van der Waals surface area contributed by atoms with Crippen molar-refractivity contribution in [1.82, 2.24) is 0 Å². The van der Waals surface area contributed by atoms with Gasteiger partial charge in [-0.3, -0.25) is 0 Å². The van der Waals surface area contributed by atoms with Crippen LogP contribution in [0.3, 0.4) is 0 Å². The maximum absolute atomic E-state index is 11.1. The summed E-state index contributed by atoms with van der Waals surface area (Å²) < 4.78 is 15.1. The monoisotopic (exact) mass is 1520 g/mol. The maximum Gasteiger partial charge on any atom is 0.333 e. The highest BCUT2D eigenvalue weighted by molar-refractivity contribution is 8.00. The van der Waals surface area contributed by atoms with Crippen LogP contribution in [0.5, 0.6) is 5.75 Å². The standard InChI is InChI=1S/C14H18O5.C13H15N.C13H18S.C8H13N.C5H10OS.5C5H10S.C2H6S.C2H6.CH4/c1-11(2)14(16)18-9-12(15)8-17-10-19-13-6-4-3-5-7-13;1-4-11-5-7-12(8-6-11)9-13(2,3)10-14;1-10(2)7-13-8-12(9-14-4)6-5-11(13)3;1-7(2)5-8(3,4)6-9;1-4(2)5(6)7-3;5*1-5(2)4-6-3;1-3-2;1-2;/h3-7,12,15H,1,8-10H2,2H3;4-8H,1,9H2,2-3H3;5-6,8H,1,7,9H2,2-4H3;1,5H2,2-4H3;5-6H,1H2,2-3H3;5*1,4H2,2-3H3;1-2H3;1-2H3;1H4. The van der Waals surface area contributed by atoms with Gasteiger partial charge in [-0.2, -0.15) is 92.9 Å². The Kier molecular flexibility index (Phi) is 95.4. The zero-order chi connectivity index (χ0) is 78.3. The Morgan fingerprint density at radius 3 is 1.23 bits per heavy atom. The Morgan fingerprint density at radius 2 is 0.960 bits per heavy atom. The summed E-state index contributed by atoms with van der Waals surface area (Å²) >= 11 is 14.1. The van der Waals surface area contributed by atoms with E-state index in [1.807, 2.05) is 209 Å². The molecule has 0 bridgehead atoms. The molecule has 0 spiro atoms. The number of aliphatic hydroxyl groups excluding tert-OH is 2. The van der Waals surface area contributed by atoms with Crippen LogP contribution >= 0.6 is 94.1 Å². The number of hydrogen-bond donors (Lipinski definition) is 2. The number of ether oxygens (including phenoxy) is 3. The molecule has 8 nitrogen and oxygen atoms in total. The fraction of sp³-hybridized carbons (Fsp3) is 0.506. The van der Waals surface area contributed by atoms with Crippen LogP contribution in [0.4, 0.5) is 0 Å². The van der Waals surface area contributed by atoms with Gasteiger partial charge in [-0.05, 0) is 218 Å². The second-order valence-corrected chi connectivity index (χ2v) is 30.8. The molecule has 3 rings (SSSR count). The number of hydrogen-bond acceptors (Lipinski definition) is 16. The quantitative estimate of drug-likeness (QED) is 0.0224. The van der Waals surface area contributed by atoms with E-state index in [2.05, 4.69) is 160 Å². The number of allylic oxidation sites excluding steroid dienone is 2. The Labute approximate surface area is 645 Å². The molecule has 0 heterocycles. The minimum Gasteiger partial charge on any atom is -0.468 e. The minimum atomic E-state index is -0.886. The molecule has 0 aromatic heterocycles. The highest BCUT2D eigenvalue weighted by Crippen LogP contribution is 2.23. The van der Waals surface area contributed by atoms with E-state index in [-0.39, 0.29) is 43.7 Å². The summed E-state index contributed by atoms with van der Waals surface area (Å²) in [6.45, 7) is 68.4. The third-order valence-electron chi connectivity index (χ3n) is 10.1. The summed E-state index contributed by atoms with van der Waals surface area (Å²) in [6.07, 6.45) is 22.0. The first-order valence-corrected chi connectivity index (χ1v) is 43.1. The van der Waals surface area contributed by atoms with E-state index in [0.29, 0.717) is 11.3 Å². The number of benzene rings is 3. The fourth-order valence-corrected chi connectivity index (χ4v) is 9.58. The number of nitriles is 2. The molecular weight excluding hydrogens is 1380 g/mol. The molecule has 2 unspecified atom stereocenters. The van der Waals surface area contributed by atoms with Gasteiger partial charge in [0.15, 0.2) is 6.79 Å². The normalized spacial score (nSPS) is 9.87. The molecule has 0 saturated carbocycles. The number of aryl methyl sites for hydroxylation is 1. The van der Waals surface area contributed by atoms with Gasteiger partial charge >= 0.3 is 5.97 Å². The van der Waals surface area contributed by atoms with Crippen molar-refractivity contribution in [2.45, 2.75) is 155 Å². The second-order valence-electron chi connectivity index (χ2n) is 23.8. The molecule has 2 N–H and O–H groups in total. The van der Waals surface area contributed by atoms with Crippen LogP contribution in [0.15, 0.2) is 189 Å². The van der Waals surface area contributed by atoms with Crippen molar-refractivity contribution in [2.75, 3.05) is 105 Å². The first-order chi connectivity index (χ1) is 45.7. The van der Waals surface area contributed by atoms with Crippen molar-refractivity contribution in [2.24, 2.45) is 10.8 Å². The first-order valence-electron chi connectivity index (χ1n) is 31.8. The fourth-order valence-electron chi connectivity index (χ4n) is 6.20. The van der Waals surface area contributed by atoms with Crippen LogP contribution in [-0.2, 0) is 32.9 Å². The number of thioether (sulfide) groups is 8. The Balaban J connectivity index is -0.000000114. The van der Waals surface area contributed by atoms with Crippen molar-refractivity contribution in [3.05, 3.63) is 217 Å². The molecule has 0 aliphatic heterocycles. The van der Waals surface area contributed by atoms with Crippen molar-refractivity contribution >= 4 is 106 Å². The number of carbonyl (C=O) groups excluding carboxylic acids is 1. The molecule has 0 amide bonds. The molecule has 3 aromatic carbocycles. The molecule has 0 aliphatic rings. The highest BCUT2D eigenvalue weighted by Gasteiger charge is 2.17. The van der Waals surface area contributed by atoms with E-state index < -0.39 is 12.1 Å². The largest absolute Gasteiger partial charge is 0.468 e. The van der Waals surface area contributed by atoms with Gasteiger partial charge in [-0.25, -0.2) is 4.79 Å². The zero-order valence-electron chi connectivity index (χ0n) is 65.9. The third-order valence-corrected chi connectivity index (χ3v) is 15.5. The minimum absolute atomic E-state index is 0. The molecule has 3 aromatic rings. The molecule has 0 aliphatic carbocycles. The van der Waals surface area contributed by atoms with Crippen molar-refractivity contribution in [3.8, 4) is 17.9 Å². The first kappa shape index (κ1) is 116. The van der Waals surface area contributed by atoms with E-state index in [0.717, 1.165) is 70.5 Å². The molecule has 0 fully saturated rings. The van der Waals surface area contributed by atoms with Crippen LogP contribution < -0.4 is 4.74 Å². The summed E-state index contributed by atoms with van der Waals surface area (Å²) in [5.41, 5.74) is 15.3. The highest BCUT2D eigenvalue weighted by atomic mass is 32.2. The third kappa shape index (κ3) is 100. The van der Waals surface area contributed by atoms with Gasteiger partial charge < -0.3 is 24.4 Å². The number of aliphatic hydroxyl groups is 2. The average molecular weight is 1520 g/mol. The van der Waals surface area contributed by atoms with Gasteiger partial charge in [0, 0.05) is 40.1 Å². The van der Waals surface area contributed by atoms with Gasteiger partial charge in [-0.15, -0.1) is 18.3 Å². The molecule has 0 radical (unpaired) electrons. The molecule has 566 valence electrons. The lowest BCUT2D eigenvalue weighted by Crippen LogP contribution is -2.24. The predicted molar refractivity (Wildman–Crippen MR) is 473 cm³/mol. The Morgan fingerprint density at radius 1 is 0.566 bits per heavy atom. The van der Waals surface area contributed by atoms with Crippen LogP contribution in [0, 0.1) is 40.4 Å². The van der Waals surface area contributed by atoms with E-state index in [4.69, 9.17) is 29.8 Å². The Hall–Kier alpha value is -4.01. The summed E-state index contributed by atoms with van der Waals surface area (Å²) in [4.78, 5) is 11.1. The van der Waals surface area contributed by atoms with Crippen molar-refractivity contribution < 1.29 is 29.2 Å². The van der Waals surface area contributed by atoms with E-state index in [1.54, 1.807) is 37.7 Å². The van der Waals surface area contributed by atoms with Crippen molar-refractivity contribution in [3.63, 3.8) is 0 Å². The number of esters is 1. The lowest BCUT2D eigenvalue weighted by molar-refractivity contribution is -0.143. The molecule has 16 heteroatoms. The van der Waals surface area contributed by atoms with E-state index in [1.165, 1.54) is 67.5 Å². The van der Waals surface area contributed by atoms with Crippen LogP contribution in [0.1, 0.15) is 146 Å². The maximum atomic E-state index is 11.1. The smallest absolute Gasteiger partial charge is 0.333 e. The molecule has 0 saturated heterocycles. The van der Waals surface area contributed by atoms with Gasteiger partial charge in [0.25, 0.3) is 0 Å². The molecule has 2 atom stereocenters. The number of nitrogens with zero attached hydrogens (tertiary/aromatic N) is 2. The lowest BCUT2D eigenvalue weighted by atomic mass is 9.87. The zero-order valence-corrected chi connectivity index (χ0v) is 72.4. The van der Waals surface area contributed by atoms with E-state index in [9.17, 15) is 9.90 Å². The number of rotatable bonds is 29. The van der Waals surface area contributed by atoms with Crippen LogP contribution in [0.2, 0.25) is 0 Å². The van der Waals surface area contributed by atoms with Crippen LogP contribution in [-0.4, -0.2) is 133 Å². The summed E-state index contributed by atoms with van der Waals surface area (Å²) in [5, 5.41) is 35.7. The SMILES string of the molecule is C.C=C(C)C(=O)OCC(O)COCOc1ccccc1.C=C(C)C(O)SC.C=C(C)CC(C)(C)C#N.C=C(C)CSC.C=C(C)CSC.C=C(C)CSC.C=C(C)CSC.C=C(C)CSC.C=C(C)Cc1cc(CSC)ccc1C.C=Cc1ccc(CC(C)(C)C#N)cc1.CC.CSC.